The van der Waals surface area contributed by atoms with Gasteiger partial charge in [-0.1, -0.05) is 18.2 Å². The van der Waals surface area contributed by atoms with Crippen LogP contribution in [0.4, 0.5) is 5.69 Å². The topological polar surface area (TPSA) is 98.5 Å². The van der Waals surface area contributed by atoms with Crippen molar-refractivity contribution in [2.75, 3.05) is 12.4 Å². The third-order valence-corrected chi connectivity index (χ3v) is 5.62. The summed E-state index contributed by atoms with van der Waals surface area (Å²) >= 11 is 0. The van der Waals surface area contributed by atoms with E-state index in [9.17, 15) is 13.2 Å². The van der Waals surface area contributed by atoms with Gasteiger partial charge in [0.25, 0.3) is 0 Å². The molecule has 3 rings (SSSR count). The number of methoxy groups -OCH3 is 1. The predicted octanol–water partition coefficient (Wildman–Crippen LogP) is 3.76. The van der Waals surface area contributed by atoms with Gasteiger partial charge in [-0.05, 0) is 77.7 Å². The highest BCUT2D eigenvalue weighted by Crippen LogP contribution is 2.24. The molecule has 0 spiro atoms. The average molecular weight is 410 g/mol. The van der Waals surface area contributed by atoms with Crippen LogP contribution in [0.3, 0.4) is 0 Å². The Labute approximate surface area is 170 Å². The number of amides is 1. The zero-order valence-corrected chi connectivity index (χ0v) is 17.2. The summed E-state index contributed by atoms with van der Waals surface area (Å²) < 4.78 is 28.5. The lowest BCUT2D eigenvalue weighted by molar-refractivity contribution is -0.111. The molecule has 29 heavy (non-hydrogen) atoms. The Morgan fingerprint density at radius 2 is 1.72 bits per heavy atom. The fraction of sp³-hybridized carbons (Fsp3) is 0.136. The number of carbonyl (C=O) groups is 1. The Morgan fingerprint density at radius 1 is 1.03 bits per heavy atom. The van der Waals surface area contributed by atoms with Crippen LogP contribution in [0, 0.1) is 13.8 Å². The van der Waals surface area contributed by atoms with Crippen LogP contribution in [-0.4, -0.2) is 21.4 Å². The molecule has 0 radical (unpaired) electrons. The van der Waals surface area contributed by atoms with Gasteiger partial charge < -0.3 is 10.1 Å². The molecule has 0 unspecified atom stereocenters. The molecule has 0 atom stereocenters. The van der Waals surface area contributed by atoms with Crippen LogP contribution in [0.5, 0.6) is 5.75 Å². The molecule has 0 fully saturated rings. The summed E-state index contributed by atoms with van der Waals surface area (Å²) in [6, 6.07) is 14.5. The van der Waals surface area contributed by atoms with Crippen LogP contribution in [0.1, 0.15) is 16.7 Å². The summed E-state index contributed by atoms with van der Waals surface area (Å²) in [7, 11) is -2.24. The van der Waals surface area contributed by atoms with E-state index in [-0.39, 0.29) is 10.8 Å². The van der Waals surface area contributed by atoms with E-state index in [4.69, 9.17) is 9.88 Å². The molecule has 6 nitrogen and oxygen atoms in total. The Balaban J connectivity index is 1.81. The molecule has 3 aromatic rings. The second-order valence-electron chi connectivity index (χ2n) is 6.75. The molecule has 0 bridgehead atoms. The van der Waals surface area contributed by atoms with Crippen molar-refractivity contribution >= 4 is 38.5 Å². The molecule has 0 saturated carbocycles. The molecule has 0 aliphatic heterocycles. The summed E-state index contributed by atoms with van der Waals surface area (Å²) in [5, 5.41) is 10.0. The number of rotatable bonds is 5. The first-order chi connectivity index (χ1) is 13.7. The average Bonchev–Trinajstić information content (AvgIpc) is 2.68. The quantitative estimate of drug-likeness (QED) is 0.626. The predicted molar refractivity (Wildman–Crippen MR) is 115 cm³/mol. The van der Waals surface area contributed by atoms with Crippen LogP contribution >= 0.6 is 0 Å². The molecule has 0 heterocycles. The molecule has 3 N–H and O–H groups in total. The van der Waals surface area contributed by atoms with Crippen molar-refractivity contribution in [2.45, 2.75) is 18.7 Å². The number of benzene rings is 3. The molecule has 7 heteroatoms. The van der Waals surface area contributed by atoms with Gasteiger partial charge >= 0.3 is 0 Å². The number of nitrogens with two attached hydrogens (primary N) is 1. The third-order valence-electron chi connectivity index (χ3n) is 4.73. The van der Waals surface area contributed by atoms with E-state index in [1.807, 2.05) is 36.4 Å². The zero-order chi connectivity index (χ0) is 21.2. The lowest BCUT2D eigenvalue weighted by Crippen LogP contribution is -2.15. The zero-order valence-electron chi connectivity index (χ0n) is 16.4. The van der Waals surface area contributed by atoms with E-state index in [1.54, 1.807) is 27.0 Å². The Bertz CT molecular complexity index is 1230. The highest BCUT2D eigenvalue weighted by molar-refractivity contribution is 7.89. The lowest BCUT2D eigenvalue weighted by Gasteiger charge is -2.11. The van der Waals surface area contributed by atoms with E-state index in [2.05, 4.69) is 5.32 Å². The number of primary sulfonamides is 1. The minimum absolute atomic E-state index is 0.0372. The first-order valence-corrected chi connectivity index (χ1v) is 10.4. The molecule has 3 aromatic carbocycles. The van der Waals surface area contributed by atoms with E-state index in [0.29, 0.717) is 5.69 Å². The summed E-state index contributed by atoms with van der Waals surface area (Å²) in [6.45, 7) is 3.57. The molecular formula is C22H22N2O4S. The van der Waals surface area contributed by atoms with E-state index in [1.165, 1.54) is 18.2 Å². The second-order valence-corrected chi connectivity index (χ2v) is 8.31. The number of hydrogen-bond donors (Lipinski definition) is 2. The fourth-order valence-electron chi connectivity index (χ4n) is 2.94. The van der Waals surface area contributed by atoms with Gasteiger partial charge in [-0.3, -0.25) is 4.79 Å². The Hall–Kier alpha value is -3.16. The van der Waals surface area contributed by atoms with Gasteiger partial charge in [0.15, 0.2) is 0 Å². The fourth-order valence-corrected chi connectivity index (χ4v) is 3.56. The van der Waals surface area contributed by atoms with Gasteiger partial charge in [0.05, 0.1) is 12.0 Å². The molecule has 1 amide bonds. The summed E-state index contributed by atoms with van der Waals surface area (Å²) in [5.74, 6) is 0.418. The number of ether oxygens (including phenoxy) is 1. The van der Waals surface area contributed by atoms with Crippen molar-refractivity contribution in [3.05, 3.63) is 71.3 Å². The minimum atomic E-state index is -3.86. The normalized spacial score (nSPS) is 11.7. The van der Waals surface area contributed by atoms with Crippen LogP contribution in [0.15, 0.2) is 59.5 Å². The van der Waals surface area contributed by atoms with Gasteiger partial charge in [0.2, 0.25) is 15.9 Å². The highest BCUT2D eigenvalue weighted by atomic mass is 32.2. The van der Waals surface area contributed by atoms with Gasteiger partial charge in [-0.25, -0.2) is 13.6 Å². The highest BCUT2D eigenvalue weighted by Gasteiger charge is 2.13. The summed E-state index contributed by atoms with van der Waals surface area (Å²) in [4.78, 5) is 12.3. The molecule has 0 aliphatic carbocycles. The van der Waals surface area contributed by atoms with Gasteiger partial charge in [-0.2, -0.15) is 0 Å². The SMILES string of the molecule is COc1ccc2cc(/C=C/C(=O)Nc3cc(S(N)(=O)=O)cc(C)c3C)ccc2c1. The first-order valence-electron chi connectivity index (χ1n) is 8.88. The number of hydrogen-bond acceptors (Lipinski definition) is 4. The maximum Gasteiger partial charge on any atom is 0.248 e. The van der Waals surface area contributed by atoms with E-state index in [0.717, 1.165) is 33.2 Å². The van der Waals surface area contributed by atoms with Crippen molar-refractivity contribution in [2.24, 2.45) is 5.14 Å². The van der Waals surface area contributed by atoms with Crippen molar-refractivity contribution in [1.29, 1.82) is 0 Å². The number of sulfonamides is 1. The largest absolute Gasteiger partial charge is 0.497 e. The van der Waals surface area contributed by atoms with Crippen LogP contribution < -0.4 is 15.2 Å². The molecular weight excluding hydrogens is 388 g/mol. The Kier molecular flexibility index (Phi) is 5.72. The van der Waals surface area contributed by atoms with Crippen molar-refractivity contribution in [3.63, 3.8) is 0 Å². The minimum Gasteiger partial charge on any atom is -0.497 e. The second kappa shape index (κ2) is 8.06. The molecule has 0 saturated heterocycles. The summed E-state index contributed by atoms with van der Waals surface area (Å²) in [6.07, 6.45) is 3.10. The third kappa shape index (κ3) is 4.82. The summed E-state index contributed by atoms with van der Waals surface area (Å²) in [5.41, 5.74) is 2.78. The number of nitrogens with one attached hydrogen (secondary N) is 1. The molecule has 150 valence electrons. The van der Waals surface area contributed by atoms with Crippen LogP contribution in [0.25, 0.3) is 16.8 Å². The lowest BCUT2D eigenvalue weighted by atomic mass is 10.1. The van der Waals surface area contributed by atoms with Gasteiger partial charge in [0.1, 0.15) is 5.75 Å². The van der Waals surface area contributed by atoms with Crippen LogP contribution in [-0.2, 0) is 14.8 Å². The smallest absolute Gasteiger partial charge is 0.248 e. The number of anilines is 1. The monoisotopic (exact) mass is 410 g/mol. The van der Waals surface area contributed by atoms with Gasteiger partial charge in [-0.15, -0.1) is 0 Å². The van der Waals surface area contributed by atoms with Gasteiger partial charge in [0, 0.05) is 11.8 Å². The van der Waals surface area contributed by atoms with Crippen LogP contribution in [0.2, 0.25) is 0 Å². The number of carbonyl (C=O) groups excluding carboxylic acids is 1. The van der Waals surface area contributed by atoms with Crippen molar-refractivity contribution in [1.82, 2.24) is 0 Å². The maximum atomic E-state index is 12.4. The van der Waals surface area contributed by atoms with E-state index < -0.39 is 10.0 Å². The molecule has 0 aliphatic rings. The van der Waals surface area contributed by atoms with Crippen molar-refractivity contribution in [3.8, 4) is 5.75 Å². The first kappa shape index (κ1) is 20.6. The molecule has 0 aromatic heterocycles. The maximum absolute atomic E-state index is 12.4. The number of aryl methyl sites for hydroxylation is 1. The number of fused-ring (bicyclic) bond motifs is 1. The standard InChI is InChI=1S/C22H22N2O4S/c1-14-10-20(29(23,26)27)13-21(15(14)2)24-22(25)9-5-16-4-6-18-12-19(28-3)8-7-17(18)11-16/h4-13H,1-3H3,(H,24,25)(H2,23,26,27)/b9-5+. The van der Waals surface area contributed by atoms with E-state index >= 15 is 0 Å². The Morgan fingerprint density at radius 3 is 2.41 bits per heavy atom. The van der Waals surface area contributed by atoms with Crippen molar-refractivity contribution < 1.29 is 17.9 Å².